The van der Waals surface area contributed by atoms with Crippen LogP contribution >= 0.6 is 0 Å². The van der Waals surface area contributed by atoms with Gasteiger partial charge in [0.05, 0.1) is 5.97 Å². The minimum atomic E-state index is -1.73. The van der Waals surface area contributed by atoms with Gasteiger partial charge in [-0.15, -0.1) is 0 Å². The smallest absolute Gasteiger partial charge is 0.547 e. The topological polar surface area (TPSA) is 119 Å². The first kappa shape index (κ1) is 15.3. The van der Waals surface area contributed by atoms with Crippen LogP contribution in [0.5, 0.6) is 0 Å². The number of aliphatic hydroxyl groups is 3. The van der Waals surface area contributed by atoms with Crippen LogP contribution in [0.3, 0.4) is 0 Å². The summed E-state index contributed by atoms with van der Waals surface area (Å²) >= 11 is 0. The molecule has 8 heteroatoms. The zero-order chi connectivity index (χ0) is 10.9. The van der Waals surface area contributed by atoms with Gasteiger partial charge < -0.3 is 34.7 Å². The molecule has 1 fully saturated rings. The summed E-state index contributed by atoms with van der Waals surface area (Å²) in [6.07, 6.45) is -7.88. The molecule has 1 aliphatic rings. The molecule has 1 saturated heterocycles. The normalized spacial score (nSPS) is 40.7. The summed E-state index contributed by atoms with van der Waals surface area (Å²) in [5, 5.41) is 38.1. The molecule has 0 radical (unpaired) electrons. The van der Waals surface area contributed by atoms with E-state index in [1.807, 2.05) is 0 Å². The summed E-state index contributed by atoms with van der Waals surface area (Å²) in [5.74, 6) is -1.68. The van der Waals surface area contributed by atoms with E-state index in [9.17, 15) is 25.2 Å². The Hall–Kier alpha value is 0.270. The van der Waals surface area contributed by atoms with E-state index in [1.54, 1.807) is 0 Å². The summed E-state index contributed by atoms with van der Waals surface area (Å²) in [5.41, 5.74) is 0. The van der Waals surface area contributed by atoms with Gasteiger partial charge in [0.15, 0.2) is 6.29 Å². The number of ether oxygens (including phenoxy) is 2. The van der Waals surface area contributed by atoms with Gasteiger partial charge in [0.25, 0.3) is 0 Å². The number of rotatable bonds is 2. The molecule has 0 unspecified atom stereocenters. The summed E-state index contributed by atoms with van der Waals surface area (Å²) in [6, 6.07) is 0. The fourth-order valence-electron chi connectivity index (χ4n) is 1.24. The monoisotopic (exact) mass is 230 g/mol. The van der Waals surface area contributed by atoms with Crippen molar-refractivity contribution < 1.29 is 64.3 Å². The Balaban J connectivity index is 0.00000196. The van der Waals surface area contributed by atoms with Gasteiger partial charge in [-0.1, -0.05) is 0 Å². The first-order chi connectivity index (χ1) is 6.49. The molecule has 1 heterocycles. The average molecular weight is 230 g/mol. The second-order valence-corrected chi connectivity index (χ2v) is 2.95. The van der Waals surface area contributed by atoms with E-state index in [2.05, 4.69) is 9.47 Å². The van der Waals surface area contributed by atoms with Crippen molar-refractivity contribution >= 4 is 5.97 Å². The number of carboxylic acid groups (broad SMARTS) is 1. The van der Waals surface area contributed by atoms with E-state index < -0.39 is 36.7 Å². The molecule has 0 aromatic rings. The predicted octanol–water partition coefficient (Wildman–Crippen LogP) is -6.81. The van der Waals surface area contributed by atoms with Gasteiger partial charge in [-0.2, -0.15) is 0 Å². The third-order valence-electron chi connectivity index (χ3n) is 2.03. The average Bonchev–Trinajstić information content (AvgIpc) is 2.14. The van der Waals surface area contributed by atoms with Crippen LogP contribution in [0.15, 0.2) is 0 Å². The predicted molar refractivity (Wildman–Crippen MR) is 38.7 cm³/mol. The molecule has 5 atom stereocenters. The molecule has 7 nitrogen and oxygen atoms in total. The Labute approximate surface area is 108 Å². The van der Waals surface area contributed by atoms with Gasteiger partial charge in [-0.3, -0.25) is 0 Å². The standard InChI is InChI=1S/C7H12O7.Na/c1-13-7-4(10)2(8)3(9)5(14-7)6(11)12;/h2-5,7-10H,1H3,(H,11,12);/q;+1/p-1/t2-,3-,4+,5+,7+;/m0./s1. The van der Waals surface area contributed by atoms with Crippen LogP contribution in [0.4, 0.5) is 0 Å². The van der Waals surface area contributed by atoms with Gasteiger partial charge in [0.1, 0.15) is 24.4 Å². The molecule has 15 heavy (non-hydrogen) atoms. The van der Waals surface area contributed by atoms with Crippen molar-refractivity contribution in [1.82, 2.24) is 0 Å². The number of carboxylic acids is 1. The van der Waals surface area contributed by atoms with Crippen molar-refractivity contribution in [1.29, 1.82) is 0 Å². The second-order valence-electron chi connectivity index (χ2n) is 2.95. The number of carbonyl (C=O) groups excluding carboxylic acids is 1. The van der Waals surface area contributed by atoms with Crippen molar-refractivity contribution in [2.45, 2.75) is 30.7 Å². The van der Waals surface area contributed by atoms with Crippen LogP contribution in [0.25, 0.3) is 0 Å². The number of aliphatic hydroxyl groups excluding tert-OH is 3. The number of aliphatic carboxylic acids is 1. The zero-order valence-corrected chi connectivity index (χ0v) is 10.4. The maximum absolute atomic E-state index is 10.4. The van der Waals surface area contributed by atoms with Crippen LogP contribution in [0.1, 0.15) is 0 Å². The Morgan fingerprint density at radius 3 is 2.20 bits per heavy atom. The molecule has 0 aromatic heterocycles. The number of carbonyl (C=O) groups is 1. The van der Waals surface area contributed by atoms with Crippen molar-refractivity contribution in [3.05, 3.63) is 0 Å². The summed E-state index contributed by atoms with van der Waals surface area (Å²) in [6.45, 7) is 0. The molecular formula is C7H11NaO7. The van der Waals surface area contributed by atoms with E-state index in [1.165, 1.54) is 7.11 Å². The van der Waals surface area contributed by atoms with Gasteiger partial charge in [-0.05, 0) is 0 Å². The van der Waals surface area contributed by atoms with Crippen molar-refractivity contribution in [2.75, 3.05) is 7.11 Å². The van der Waals surface area contributed by atoms with Crippen molar-refractivity contribution in [3.8, 4) is 0 Å². The van der Waals surface area contributed by atoms with E-state index in [0.717, 1.165) is 0 Å². The summed E-state index contributed by atoms with van der Waals surface area (Å²) in [7, 11) is 1.17. The van der Waals surface area contributed by atoms with Crippen LogP contribution < -0.4 is 34.7 Å². The maximum Gasteiger partial charge on any atom is 1.00 e. The molecule has 0 bridgehead atoms. The maximum atomic E-state index is 10.4. The molecule has 0 amide bonds. The molecule has 1 rings (SSSR count). The fraction of sp³-hybridized carbons (Fsp3) is 0.857. The van der Waals surface area contributed by atoms with Crippen LogP contribution in [0, 0.1) is 0 Å². The Morgan fingerprint density at radius 1 is 1.27 bits per heavy atom. The number of methoxy groups -OCH3 is 1. The third kappa shape index (κ3) is 3.11. The Morgan fingerprint density at radius 2 is 1.80 bits per heavy atom. The van der Waals surface area contributed by atoms with Crippen LogP contribution in [-0.4, -0.2) is 59.1 Å². The van der Waals surface area contributed by atoms with Crippen molar-refractivity contribution in [3.63, 3.8) is 0 Å². The van der Waals surface area contributed by atoms with E-state index in [-0.39, 0.29) is 29.6 Å². The van der Waals surface area contributed by atoms with Gasteiger partial charge in [0, 0.05) is 7.11 Å². The molecular weight excluding hydrogens is 219 g/mol. The van der Waals surface area contributed by atoms with E-state index in [4.69, 9.17) is 0 Å². The molecule has 1 aliphatic heterocycles. The minimum Gasteiger partial charge on any atom is -0.547 e. The molecule has 0 aromatic carbocycles. The molecule has 3 N–H and O–H groups in total. The third-order valence-corrected chi connectivity index (χ3v) is 2.03. The Bertz CT molecular complexity index is 221. The van der Waals surface area contributed by atoms with Crippen LogP contribution in [0.2, 0.25) is 0 Å². The zero-order valence-electron chi connectivity index (χ0n) is 8.36. The summed E-state index contributed by atoms with van der Waals surface area (Å²) in [4.78, 5) is 10.4. The fourth-order valence-corrected chi connectivity index (χ4v) is 1.24. The Kier molecular flexibility index (Phi) is 6.23. The second kappa shape index (κ2) is 6.12. The quantitative estimate of drug-likeness (QED) is 0.403. The molecule has 0 aliphatic carbocycles. The SMILES string of the molecule is CO[C@@H]1O[C@@H](C(=O)[O-])[C@@H](O)[C@H](O)[C@H]1O.[Na+]. The van der Waals surface area contributed by atoms with Crippen LogP contribution in [-0.2, 0) is 14.3 Å². The van der Waals surface area contributed by atoms with Gasteiger partial charge in [0.2, 0.25) is 0 Å². The summed E-state index contributed by atoms with van der Waals surface area (Å²) < 4.78 is 9.22. The van der Waals surface area contributed by atoms with E-state index in [0.29, 0.717) is 0 Å². The molecule has 0 saturated carbocycles. The number of hydrogen-bond donors (Lipinski definition) is 3. The first-order valence-corrected chi connectivity index (χ1v) is 3.92. The van der Waals surface area contributed by atoms with E-state index >= 15 is 0 Å². The van der Waals surface area contributed by atoms with Gasteiger partial charge >= 0.3 is 29.6 Å². The van der Waals surface area contributed by atoms with Gasteiger partial charge in [-0.25, -0.2) is 0 Å². The minimum absolute atomic E-state index is 0. The largest absolute Gasteiger partial charge is 1.00 e. The number of hydrogen-bond acceptors (Lipinski definition) is 7. The first-order valence-electron chi connectivity index (χ1n) is 3.92. The molecule has 82 valence electrons. The van der Waals surface area contributed by atoms with Crippen molar-refractivity contribution in [2.24, 2.45) is 0 Å². The molecule has 0 spiro atoms.